The highest BCUT2D eigenvalue weighted by atomic mass is 19.4. The van der Waals surface area contributed by atoms with E-state index in [-0.39, 0.29) is 17.5 Å². The summed E-state index contributed by atoms with van der Waals surface area (Å²) in [5, 5.41) is 19.1. The zero-order chi connectivity index (χ0) is 28.4. The van der Waals surface area contributed by atoms with Gasteiger partial charge in [-0.25, -0.2) is 4.79 Å². The first-order valence-corrected chi connectivity index (χ1v) is 13.4. The van der Waals surface area contributed by atoms with E-state index in [1.54, 1.807) is 0 Å². The topological polar surface area (TPSA) is 104 Å². The van der Waals surface area contributed by atoms with Gasteiger partial charge < -0.3 is 15.0 Å². The molecule has 9 nitrogen and oxygen atoms in total. The number of nitrogens with one attached hydrogen (secondary N) is 1. The number of nitrogens with zero attached hydrogens (tertiary/aromatic N) is 5. The Morgan fingerprint density at radius 3 is 2.33 bits per heavy atom. The summed E-state index contributed by atoms with van der Waals surface area (Å²) in [6.07, 6.45) is 1.84. The van der Waals surface area contributed by atoms with Crippen LogP contribution in [0.15, 0.2) is 18.2 Å². The van der Waals surface area contributed by atoms with E-state index in [9.17, 15) is 18.0 Å². The number of aryl methyl sites for hydroxylation is 2. The monoisotopic (exact) mass is 550 g/mol. The van der Waals surface area contributed by atoms with Gasteiger partial charge in [-0.1, -0.05) is 48.6 Å². The summed E-state index contributed by atoms with van der Waals surface area (Å²) in [6.45, 7) is 8.90. The molecule has 0 radical (unpaired) electrons. The van der Waals surface area contributed by atoms with E-state index in [0.29, 0.717) is 5.82 Å². The molecule has 2 aromatic rings. The third-order valence-corrected chi connectivity index (χ3v) is 7.95. The minimum Gasteiger partial charge on any atom is -0.475 e. The number of alkyl halides is 3. The Balaban J connectivity index is 0.000000448. The third-order valence-electron chi connectivity index (χ3n) is 7.95. The molecule has 1 unspecified atom stereocenters. The molecule has 1 aromatic heterocycles. The van der Waals surface area contributed by atoms with E-state index < -0.39 is 12.1 Å². The van der Waals surface area contributed by atoms with E-state index in [1.165, 1.54) is 36.0 Å². The molecule has 1 saturated heterocycles. The standard InChI is InChI=1S/C25H36N6O.C2HF3O2/c1-18-11-19(2)13-20(12-18)14-30-10-9-25(16-30)17-31-22(15-29(25)3)27-28-23(31)24(32)26-21-7-5-4-6-8-21;3-2(4,5)1(6)7/h11-13,21H,4-10,14-17H2,1-3H3,(H,26,32);(H,6,7). The number of aliphatic carboxylic acids is 1. The van der Waals surface area contributed by atoms with Crippen molar-refractivity contribution in [3.8, 4) is 0 Å². The Labute approximate surface area is 226 Å². The van der Waals surface area contributed by atoms with Gasteiger partial charge in [-0.15, -0.1) is 10.2 Å². The number of carbonyl (C=O) groups is 2. The predicted molar refractivity (Wildman–Crippen MR) is 138 cm³/mol. The molecule has 214 valence electrons. The van der Waals surface area contributed by atoms with Gasteiger partial charge in [-0.05, 0) is 45.7 Å². The highest BCUT2D eigenvalue weighted by Gasteiger charge is 2.46. The number of carbonyl (C=O) groups excluding carboxylic acids is 1. The molecule has 0 bridgehead atoms. The Morgan fingerprint density at radius 1 is 1.08 bits per heavy atom. The average molecular weight is 551 g/mol. The van der Waals surface area contributed by atoms with Crippen molar-refractivity contribution in [3.63, 3.8) is 0 Å². The zero-order valence-electron chi connectivity index (χ0n) is 22.7. The van der Waals surface area contributed by atoms with Crippen molar-refractivity contribution in [3.05, 3.63) is 46.5 Å². The van der Waals surface area contributed by atoms with Crippen molar-refractivity contribution in [2.45, 2.75) is 89.8 Å². The van der Waals surface area contributed by atoms with E-state index in [4.69, 9.17) is 9.90 Å². The van der Waals surface area contributed by atoms with Crippen molar-refractivity contribution in [2.75, 3.05) is 20.1 Å². The smallest absolute Gasteiger partial charge is 0.475 e. The summed E-state index contributed by atoms with van der Waals surface area (Å²) in [6, 6.07) is 7.11. The minimum absolute atomic E-state index is 0.0219. The Kier molecular flexibility index (Phi) is 8.65. The lowest BCUT2D eigenvalue weighted by atomic mass is 9.94. The molecule has 3 aliphatic rings. The molecule has 39 heavy (non-hydrogen) atoms. The minimum atomic E-state index is -5.08. The Morgan fingerprint density at radius 2 is 1.72 bits per heavy atom. The normalized spacial score (nSPS) is 22.3. The van der Waals surface area contributed by atoms with E-state index >= 15 is 0 Å². The first kappa shape index (κ1) is 29.0. The van der Waals surface area contributed by atoms with Crippen LogP contribution in [0.1, 0.15) is 71.7 Å². The summed E-state index contributed by atoms with van der Waals surface area (Å²) in [5.41, 5.74) is 4.06. The first-order chi connectivity index (χ1) is 18.4. The Bertz CT molecular complexity index is 1170. The van der Waals surface area contributed by atoms with Crippen molar-refractivity contribution in [1.29, 1.82) is 0 Å². The second-order valence-electron chi connectivity index (χ2n) is 11.2. The van der Waals surface area contributed by atoms with Crippen molar-refractivity contribution < 1.29 is 27.9 Å². The molecular formula is C27H37F3N6O3. The molecule has 5 rings (SSSR count). The number of hydrogen-bond acceptors (Lipinski definition) is 6. The van der Waals surface area contributed by atoms with Gasteiger partial charge in [-0.2, -0.15) is 13.2 Å². The number of amides is 1. The molecule has 3 heterocycles. The largest absolute Gasteiger partial charge is 0.490 e. The molecule has 1 aromatic carbocycles. The van der Waals surface area contributed by atoms with Crippen LogP contribution in [0.3, 0.4) is 0 Å². The van der Waals surface area contributed by atoms with Gasteiger partial charge in [0.05, 0.1) is 12.1 Å². The summed E-state index contributed by atoms with van der Waals surface area (Å²) in [5.74, 6) is -1.42. The van der Waals surface area contributed by atoms with Crippen LogP contribution in [0.5, 0.6) is 0 Å². The van der Waals surface area contributed by atoms with Gasteiger partial charge in [0.1, 0.15) is 5.82 Å². The number of hydrogen-bond donors (Lipinski definition) is 2. The van der Waals surface area contributed by atoms with Gasteiger partial charge >= 0.3 is 12.1 Å². The van der Waals surface area contributed by atoms with Gasteiger partial charge in [-0.3, -0.25) is 14.6 Å². The zero-order valence-corrected chi connectivity index (χ0v) is 22.7. The molecule has 2 N–H and O–H groups in total. The van der Waals surface area contributed by atoms with Crippen LogP contribution in [0.4, 0.5) is 13.2 Å². The molecule has 2 fully saturated rings. The predicted octanol–water partition coefficient (Wildman–Crippen LogP) is 3.68. The summed E-state index contributed by atoms with van der Waals surface area (Å²) in [7, 11) is 2.19. The highest BCUT2D eigenvalue weighted by Crippen LogP contribution is 2.35. The highest BCUT2D eigenvalue weighted by molar-refractivity contribution is 5.91. The molecule has 1 atom stereocenters. The number of aromatic nitrogens is 3. The molecule has 2 aliphatic heterocycles. The number of carboxylic acids is 1. The summed E-state index contributed by atoms with van der Waals surface area (Å²) >= 11 is 0. The van der Waals surface area contributed by atoms with E-state index in [1.807, 2.05) is 0 Å². The number of likely N-dealkylation sites (N-methyl/N-ethyl adjacent to an activating group) is 1. The van der Waals surface area contributed by atoms with Crippen LogP contribution in [-0.4, -0.2) is 79.4 Å². The SMILES string of the molecule is Cc1cc(C)cc(CN2CCC3(C2)Cn2c(nnc2C(=O)NC2CCCCC2)CN3C)c1.O=C(O)C(F)(F)F. The molecule has 12 heteroatoms. The maximum atomic E-state index is 13.0. The first-order valence-electron chi connectivity index (χ1n) is 13.4. The Hall–Kier alpha value is -2.99. The van der Waals surface area contributed by atoms with Crippen LogP contribution < -0.4 is 5.32 Å². The van der Waals surface area contributed by atoms with Crippen LogP contribution in [0, 0.1) is 13.8 Å². The number of fused-ring (bicyclic) bond motifs is 1. The number of halogens is 3. The molecule has 1 aliphatic carbocycles. The van der Waals surface area contributed by atoms with Crippen LogP contribution in [0.25, 0.3) is 0 Å². The average Bonchev–Trinajstić information content (AvgIpc) is 3.44. The fourth-order valence-electron chi connectivity index (χ4n) is 6.01. The molecule has 1 spiro atoms. The van der Waals surface area contributed by atoms with Crippen molar-refractivity contribution >= 4 is 11.9 Å². The van der Waals surface area contributed by atoms with Gasteiger partial charge in [0.2, 0.25) is 5.82 Å². The fraction of sp³-hybridized carbons (Fsp3) is 0.630. The maximum Gasteiger partial charge on any atom is 0.490 e. The van der Waals surface area contributed by atoms with E-state index in [2.05, 4.69) is 69.0 Å². The summed E-state index contributed by atoms with van der Waals surface area (Å²) < 4.78 is 33.8. The lowest BCUT2D eigenvalue weighted by Crippen LogP contribution is -2.55. The van der Waals surface area contributed by atoms with Crippen molar-refractivity contribution in [2.24, 2.45) is 0 Å². The van der Waals surface area contributed by atoms with Crippen LogP contribution in [0.2, 0.25) is 0 Å². The number of likely N-dealkylation sites (tertiary alicyclic amines) is 1. The van der Waals surface area contributed by atoms with E-state index in [0.717, 1.165) is 57.8 Å². The molecular weight excluding hydrogens is 513 g/mol. The number of benzene rings is 1. The molecule has 1 saturated carbocycles. The van der Waals surface area contributed by atoms with Gasteiger partial charge in [0, 0.05) is 32.2 Å². The van der Waals surface area contributed by atoms with Crippen LogP contribution >= 0.6 is 0 Å². The quantitative estimate of drug-likeness (QED) is 0.599. The second kappa shape index (κ2) is 11.6. The summed E-state index contributed by atoms with van der Waals surface area (Å²) in [4.78, 5) is 26.9. The maximum absolute atomic E-state index is 13.0. The van der Waals surface area contributed by atoms with Crippen molar-refractivity contribution in [1.82, 2.24) is 29.9 Å². The molecule has 1 amide bonds. The fourth-order valence-corrected chi connectivity index (χ4v) is 6.01. The van der Waals surface area contributed by atoms with Crippen LogP contribution in [-0.2, 0) is 24.4 Å². The second-order valence-corrected chi connectivity index (χ2v) is 11.2. The lowest BCUT2D eigenvalue weighted by Gasteiger charge is -2.43. The number of rotatable bonds is 4. The van der Waals surface area contributed by atoms with Gasteiger partial charge in [0.25, 0.3) is 5.91 Å². The third kappa shape index (κ3) is 6.96. The lowest BCUT2D eigenvalue weighted by molar-refractivity contribution is -0.192. The number of carboxylic acid groups (broad SMARTS) is 1. The van der Waals surface area contributed by atoms with Gasteiger partial charge in [0.15, 0.2) is 0 Å².